The van der Waals surface area contributed by atoms with Gasteiger partial charge in [0, 0.05) is 16.0 Å². The normalized spacial score (nSPS) is 12.7. The Hall–Kier alpha value is -2.47. The van der Waals surface area contributed by atoms with Crippen molar-refractivity contribution in [3.63, 3.8) is 0 Å². The summed E-state index contributed by atoms with van der Waals surface area (Å²) in [7, 11) is 0. The molecule has 3 rings (SSSR count). The molecule has 6 heteroatoms. The van der Waals surface area contributed by atoms with Crippen LogP contribution in [0, 0.1) is 0 Å². The highest BCUT2D eigenvalue weighted by Gasteiger charge is 2.15. The fourth-order valence-electron chi connectivity index (χ4n) is 2.20. The van der Waals surface area contributed by atoms with Crippen LogP contribution in [0.5, 0.6) is 11.5 Å². The number of carboxylic acid groups (broad SMARTS) is 1. The number of ketones is 1. The molecule has 0 saturated heterocycles. The van der Waals surface area contributed by atoms with Crippen LogP contribution in [0.2, 0.25) is 0 Å². The number of thioether (sulfide) groups is 1. The molecule has 0 saturated carbocycles. The van der Waals surface area contributed by atoms with Gasteiger partial charge in [0.2, 0.25) is 0 Å². The van der Waals surface area contributed by atoms with Crippen LogP contribution in [0.3, 0.4) is 0 Å². The lowest BCUT2D eigenvalue weighted by Gasteiger charge is -2.18. The molecule has 118 valence electrons. The summed E-state index contributed by atoms with van der Waals surface area (Å²) in [5.41, 5.74) is 0.597. The molecule has 0 aromatic heterocycles. The molecule has 1 aliphatic rings. The third-order valence-electron chi connectivity index (χ3n) is 3.33. The van der Waals surface area contributed by atoms with Crippen molar-refractivity contribution in [3.8, 4) is 11.5 Å². The average Bonchev–Trinajstić information content (AvgIpc) is 2.59. The van der Waals surface area contributed by atoms with Gasteiger partial charge in [0.1, 0.15) is 13.2 Å². The van der Waals surface area contributed by atoms with Crippen molar-refractivity contribution in [2.75, 3.05) is 19.0 Å². The lowest BCUT2D eigenvalue weighted by molar-refractivity contribution is -0.255. The second-order valence-electron chi connectivity index (χ2n) is 4.85. The number of benzene rings is 2. The van der Waals surface area contributed by atoms with E-state index in [1.807, 2.05) is 0 Å². The number of carbonyl (C=O) groups is 2. The van der Waals surface area contributed by atoms with Crippen molar-refractivity contribution in [1.82, 2.24) is 0 Å². The Bertz CT molecular complexity index is 756. The molecule has 23 heavy (non-hydrogen) atoms. The second kappa shape index (κ2) is 6.75. The first-order valence-electron chi connectivity index (χ1n) is 7.01. The van der Waals surface area contributed by atoms with E-state index < -0.39 is 5.97 Å². The van der Waals surface area contributed by atoms with E-state index in [9.17, 15) is 14.7 Å². The fourth-order valence-corrected chi connectivity index (χ4v) is 3.14. The van der Waals surface area contributed by atoms with Gasteiger partial charge >= 0.3 is 0 Å². The van der Waals surface area contributed by atoms with Crippen LogP contribution in [0.15, 0.2) is 47.4 Å². The molecule has 0 radical (unpaired) electrons. The van der Waals surface area contributed by atoms with Gasteiger partial charge in [-0.2, -0.15) is 0 Å². The number of hydrogen-bond donors (Lipinski definition) is 0. The predicted octanol–water partition coefficient (Wildman–Crippen LogP) is 1.80. The van der Waals surface area contributed by atoms with E-state index in [2.05, 4.69) is 0 Å². The Morgan fingerprint density at radius 1 is 1.04 bits per heavy atom. The van der Waals surface area contributed by atoms with E-state index in [-0.39, 0.29) is 17.1 Å². The van der Waals surface area contributed by atoms with Crippen LogP contribution in [0.1, 0.15) is 20.7 Å². The van der Waals surface area contributed by atoms with Crippen molar-refractivity contribution in [2.24, 2.45) is 0 Å². The van der Waals surface area contributed by atoms with Gasteiger partial charge in [-0.05, 0) is 24.3 Å². The Labute approximate surface area is 137 Å². The number of aromatic carboxylic acids is 1. The summed E-state index contributed by atoms with van der Waals surface area (Å²) in [6, 6.07) is 11.5. The van der Waals surface area contributed by atoms with Crippen LogP contribution in [0.25, 0.3) is 0 Å². The number of fused-ring (bicyclic) bond motifs is 1. The highest BCUT2D eigenvalue weighted by Crippen LogP contribution is 2.31. The van der Waals surface area contributed by atoms with E-state index in [0.29, 0.717) is 35.2 Å². The Kier molecular flexibility index (Phi) is 4.52. The van der Waals surface area contributed by atoms with E-state index in [1.54, 1.807) is 36.4 Å². The quantitative estimate of drug-likeness (QED) is 0.615. The summed E-state index contributed by atoms with van der Waals surface area (Å²) in [6.07, 6.45) is 0. The molecular formula is C17H13O5S-. The third-order valence-corrected chi connectivity index (χ3v) is 4.40. The van der Waals surface area contributed by atoms with E-state index in [1.165, 1.54) is 17.8 Å². The van der Waals surface area contributed by atoms with Gasteiger partial charge in [-0.1, -0.05) is 18.2 Å². The Morgan fingerprint density at radius 3 is 2.57 bits per heavy atom. The minimum absolute atomic E-state index is 0.0903. The maximum absolute atomic E-state index is 12.3. The van der Waals surface area contributed by atoms with Crippen LogP contribution in [-0.4, -0.2) is 30.7 Å². The van der Waals surface area contributed by atoms with E-state index in [4.69, 9.17) is 9.47 Å². The van der Waals surface area contributed by atoms with Crippen LogP contribution in [0.4, 0.5) is 0 Å². The molecule has 0 aliphatic carbocycles. The highest BCUT2D eigenvalue weighted by molar-refractivity contribution is 8.00. The summed E-state index contributed by atoms with van der Waals surface area (Å²) < 4.78 is 10.9. The first-order valence-corrected chi connectivity index (χ1v) is 8.00. The van der Waals surface area contributed by atoms with Crippen molar-refractivity contribution in [3.05, 3.63) is 53.6 Å². The van der Waals surface area contributed by atoms with Crippen LogP contribution < -0.4 is 14.6 Å². The van der Waals surface area contributed by atoms with Crippen LogP contribution >= 0.6 is 11.8 Å². The lowest BCUT2D eigenvalue weighted by atomic mass is 10.1. The summed E-state index contributed by atoms with van der Waals surface area (Å²) in [4.78, 5) is 23.9. The molecule has 0 spiro atoms. The van der Waals surface area contributed by atoms with Gasteiger partial charge in [0.25, 0.3) is 0 Å². The van der Waals surface area contributed by atoms with Crippen molar-refractivity contribution in [2.45, 2.75) is 4.90 Å². The molecule has 0 fully saturated rings. The summed E-state index contributed by atoms with van der Waals surface area (Å²) in [5, 5.41) is 11.1. The van der Waals surface area contributed by atoms with Gasteiger partial charge in [0.05, 0.1) is 11.7 Å². The number of ether oxygens (including phenoxy) is 2. The number of carbonyl (C=O) groups excluding carboxylic acids is 2. The topological polar surface area (TPSA) is 75.7 Å². The summed E-state index contributed by atoms with van der Waals surface area (Å²) in [5.74, 6) is -0.0470. The molecule has 1 heterocycles. The van der Waals surface area contributed by atoms with Gasteiger partial charge in [-0.3, -0.25) is 4.79 Å². The zero-order chi connectivity index (χ0) is 16.2. The maximum atomic E-state index is 12.3. The highest BCUT2D eigenvalue weighted by atomic mass is 32.2. The largest absolute Gasteiger partial charge is 0.545 e. The van der Waals surface area contributed by atoms with Gasteiger partial charge in [-0.25, -0.2) is 0 Å². The van der Waals surface area contributed by atoms with Gasteiger partial charge in [-0.15, -0.1) is 11.8 Å². The molecule has 0 N–H and O–H groups in total. The molecule has 5 nitrogen and oxygen atoms in total. The molecular weight excluding hydrogens is 316 g/mol. The molecule has 0 unspecified atom stereocenters. The number of hydrogen-bond acceptors (Lipinski definition) is 6. The smallest absolute Gasteiger partial charge is 0.173 e. The number of rotatable bonds is 5. The maximum Gasteiger partial charge on any atom is 0.173 e. The molecule has 0 bridgehead atoms. The summed E-state index contributed by atoms with van der Waals surface area (Å²) in [6.45, 7) is 0.953. The van der Waals surface area contributed by atoms with Gasteiger partial charge in [0.15, 0.2) is 17.3 Å². The Balaban J connectivity index is 1.72. The number of carboxylic acids is 1. The van der Waals surface area contributed by atoms with Gasteiger partial charge < -0.3 is 19.4 Å². The molecule has 0 amide bonds. The zero-order valence-electron chi connectivity index (χ0n) is 12.1. The minimum atomic E-state index is -1.25. The predicted molar refractivity (Wildman–Crippen MR) is 83.3 cm³/mol. The van der Waals surface area contributed by atoms with Crippen molar-refractivity contribution >= 4 is 23.5 Å². The lowest BCUT2D eigenvalue weighted by Crippen LogP contribution is -2.23. The van der Waals surface area contributed by atoms with Crippen molar-refractivity contribution in [1.29, 1.82) is 0 Å². The molecule has 2 aromatic carbocycles. The molecule has 2 aromatic rings. The zero-order valence-corrected chi connectivity index (χ0v) is 12.9. The minimum Gasteiger partial charge on any atom is -0.545 e. The number of Topliss-reactive ketones (excluding diaryl/α,β-unsaturated/α-hetero) is 1. The molecule has 1 aliphatic heterocycles. The van der Waals surface area contributed by atoms with E-state index >= 15 is 0 Å². The fraction of sp³-hybridized carbons (Fsp3) is 0.176. The average molecular weight is 329 g/mol. The SMILES string of the molecule is O=C(CSc1ccccc1C(=O)[O-])c1ccc2c(c1)OCCO2. The first-order chi connectivity index (χ1) is 11.1. The monoisotopic (exact) mass is 329 g/mol. The Morgan fingerprint density at radius 2 is 1.78 bits per heavy atom. The van der Waals surface area contributed by atoms with Crippen molar-refractivity contribution < 1.29 is 24.2 Å². The standard InChI is InChI=1S/C17H14O5S/c18-13(10-23-16-4-2-1-3-12(16)17(19)20)11-5-6-14-15(9-11)22-8-7-21-14/h1-6,9H,7-8,10H2,(H,19,20)/p-1. The summed E-state index contributed by atoms with van der Waals surface area (Å²) >= 11 is 1.17. The first kappa shape index (κ1) is 15.4. The molecule has 0 atom stereocenters. The third kappa shape index (κ3) is 3.48. The second-order valence-corrected chi connectivity index (χ2v) is 5.87. The van der Waals surface area contributed by atoms with Crippen LogP contribution in [-0.2, 0) is 0 Å². The van der Waals surface area contributed by atoms with E-state index in [0.717, 1.165) is 0 Å².